The van der Waals surface area contributed by atoms with Gasteiger partial charge >= 0.3 is 5.76 Å². The summed E-state index contributed by atoms with van der Waals surface area (Å²) in [7, 11) is 0. The number of halogens is 1. The van der Waals surface area contributed by atoms with Crippen molar-refractivity contribution < 1.29 is 8.83 Å². The molecule has 1 aromatic carbocycles. The summed E-state index contributed by atoms with van der Waals surface area (Å²) in [6, 6.07) is 7.69. The molecule has 0 spiro atoms. The molecule has 1 unspecified atom stereocenters. The highest BCUT2D eigenvalue weighted by molar-refractivity contribution is 9.09. The first kappa shape index (κ1) is 13.2. The first-order valence-electron chi connectivity index (χ1n) is 6.43. The van der Waals surface area contributed by atoms with Crippen LogP contribution in [0.2, 0.25) is 0 Å². The van der Waals surface area contributed by atoms with Crippen molar-refractivity contribution in [2.24, 2.45) is 0 Å². The van der Waals surface area contributed by atoms with Crippen LogP contribution >= 0.6 is 15.9 Å². The van der Waals surface area contributed by atoms with E-state index in [4.69, 9.17) is 8.83 Å². The molecule has 2 heterocycles. The van der Waals surface area contributed by atoms with Gasteiger partial charge < -0.3 is 8.83 Å². The number of alkyl halides is 1. The molecule has 3 aromatic rings. The number of fused-ring (bicyclic) bond motifs is 1. The average molecular weight is 336 g/mol. The van der Waals surface area contributed by atoms with Crippen molar-refractivity contribution in [1.29, 1.82) is 0 Å². The fraction of sp³-hybridized carbons (Fsp3) is 0.267. The van der Waals surface area contributed by atoms with Crippen LogP contribution in [-0.4, -0.2) is 4.57 Å². The van der Waals surface area contributed by atoms with Crippen LogP contribution in [0.25, 0.3) is 11.1 Å². The zero-order chi connectivity index (χ0) is 14.3. The van der Waals surface area contributed by atoms with Crippen LogP contribution in [-0.2, 0) is 6.54 Å². The van der Waals surface area contributed by atoms with E-state index in [-0.39, 0.29) is 10.6 Å². The van der Waals surface area contributed by atoms with Crippen LogP contribution in [0.3, 0.4) is 0 Å². The van der Waals surface area contributed by atoms with E-state index in [1.54, 1.807) is 10.8 Å². The first-order valence-corrected chi connectivity index (χ1v) is 7.34. The second-order valence-electron chi connectivity index (χ2n) is 4.67. The summed E-state index contributed by atoms with van der Waals surface area (Å²) in [5.41, 5.74) is 3.49. The van der Waals surface area contributed by atoms with Gasteiger partial charge in [-0.15, -0.1) is 0 Å². The van der Waals surface area contributed by atoms with Crippen LogP contribution in [0.5, 0.6) is 0 Å². The van der Waals surface area contributed by atoms with Crippen molar-refractivity contribution in [1.82, 2.24) is 4.57 Å². The predicted octanol–water partition coefficient (Wildman–Crippen LogP) is 4.00. The molecule has 0 N–H and O–H groups in total. The van der Waals surface area contributed by atoms with Gasteiger partial charge in [0.05, 0.1) is 16.6 Å². The molecule has 0 aliphatic carbocycles. The van der Waals surface area contributed by atoms with E-state index in [0.717, 1.165) is 22.4 Å². The number of rotatable bonds is 3. The Morgan fingerprint density at radius 3 is 2.80 bits per heavy atom. The minimum atomic E-state index is -0.319. The zero-order valence-corrected chi connectivity index (χ0v) is 12.8. The van der Waals surface area contributed by atoms with Gasteiger partial charge in [0.1, 0.15) is 5.76 Å². The van der Waals surface area contributed by atoms with E-state index >= 15 is 0 Å². The van der Waals surface area contributed by atoms with Gasteiger partial charge in [-0.05, 0) is 43.2 Å². The number of aromatic nitrogens is 1. The van der Waals surface area contributed by atoms with Crippen molar-refractivity contribution in [2.75, 3.05) is 0 Å². The third-order valence-corrected chi connectivity index (χ3v) is 4.38. The number of hydrogen-bond acceptors (Lipinski definition) is 3. The lowest BCUT2D eigenvalue weighted by Gasteiger charge is -2.08. The maximum absolute atomic E-state index is 11.7. The fourth-order valence-corrected chi connectivity index (χ4v) is 3.09. The van der Waals surface area contributed by atoms with Gasteiger partial charge in [-0.1, -0.05) is 22.0 Å². The smallest absolute Gasteiger partial charge is 0.419 e. The van der Waals surface area contributed by atoms with Crippen molar-refractivity contribution in [2.45, 2.75) is 25.2 Å². The van der Waals surface area contributed by atoms with Crippen molar-refractivity contribution in [3.8, 4) is 0 Å². The van der Waals surface area contributed by atoms with Gasteiger partial charge in [0.2, 0.25) is 0 Å². The second-order valence-corrected chi connectivity index (χ2v) is 5.59. The lowest BCUT2D eigenvalue weighted by Crippen LogP contribution is -2.11. The van der Waals surface area contributed by atoms with E-state index in [0.29, 0.717) is 12.1 Å². The molecule has 0 fully saturated rings. The van der Waals surface area contributed by atoms with Gasteiger partial charge in [-0.25, -0.2) is 4.79 Å². The molecule has 3 rings (SSSR count). The third-order valence-electron chi connectivity index (χ3n) is 3.43. The van der Waals surface area contributed by atoms with Gasteiger partial charge in [0.15, 0.2) is 5.58 Å². The maximum atomic E-state index is 11.7. The molecule has 5 heteroatoms. The average Bonchev–Trinajstić information content (AvgIpc) is 2.99. The molecular weight excluding hydrogens is 322 g/mol. The Kier molecular flexibility index (Phi) is 3.30. The van der Waals surface area contributed by atoms with E-state index in [1.807, 2.05) is 38.1 Å². The quantitative estimate of drug-likeness (QED) is 0.679. The molecule has 20 heavy (non-hydrogen) atoms. The van der Waals surface area contributed by atoms with Gasteiger partial charge in [0, 0.05) is 6.54 Å². The molecule has 0 saturated carbocycles. The molecule has 0 bridgehead atoms. The van der Waals surface area contributed by atoms with Crippen LogP contribution < -0.4 is 5.76 Å². The number of aryl methyl sites for hydroxylation is 2. The van der Waals surface area contributed by atoms with Crippen molar-refractivity contribution in [3.05, 3.63) is 58.0 Å². The number of nitrogens with zero attached hydrogens (tertiary/aromatic N) is 1. The lowest BCUT2D eigenvalue weighted by atomic mass is 10.1. The molecule has 4 nitrogen and oxygen atoms in total. The molecular formula is C15H14BrNO3. The molecule has 0 saturated heterocycles. The minimum Gasteiger partial charge on any atom is -0.468 e. The zero-order valence-electron chi connectivity index (χ0n) is 11.2. The maximum Gasteiger partial charge on any atom is 0.419 e. The Labute approximate surface area is 124 Å². The molecule has 0 radical (unpaired) electrons. The summed E-state index contributed by atoms with van der Waals surface area (Å²) in [5.74, 6) is 0.543. The largest absolute Gasteiger partial charge is 0.468 e. The Balaban J connectivity index is 2.10. The Bertz CT molecular complexity index is 812. The Hall–Kier alpha value is -1.75. The van der Waals surface area contributed by atoms with E-state index in [2.05, 4.69) is 15.9 Å². The summed E-state index contributed by atoms with van der Waals surface area (Å²) < 4.78 is 12.4. The normalized spacial score (nSPS) is 12.9. The number of furan rings is 1. The molecule has 2 aromatic heterocycles. The lowest BCUT2D eigenvalue weighted by molar-refractivity contribution is 0.511. The van der Waals surface area contributed by atoms with Crippen molar-refractivity contribution >= 4 is 27.0 Å². The Morgan fingerprint density at radius 1 is 1.35 bits per heavy atom. The van der Waals surface area contributed by atoms with Crippen molar-refractivity contribution in [3.63, 3.8) is 0 Å². The van der Waals surface area contributed by atoms with E-state index in [9.17, 15) is 4.79 Å². The third kappa shape index (κ3) is 2.02. The summed E-state index contributed by atoms with van der Waals surface area (Å²) in [6.07, 6.45) is 1.67. The highest BCUT2D eigenvalue weighted by atomic mass is 79.9. The number of hydrogen-bond donors (Lipinski definition) is 0. The SMILES string of the molecule is CCn1c(=O)oc2cc(C(Br)c3occc3C)ccc21. The highest BCUT2D eigenvalue weighted by Gasteiger charge is 2.18. The van der Waals surface area contributed by atoms with E-state index in [1.165, 1.54) is 0 Å². The van der Waals surface area contributed by atoms with Gasteiger partial charge in [-0.3, -0.25) is 4.57 Å². The predicted molar refractivity (Wildman–Crippen MR) is 80.4 cm³/mol. The number of oxazole rings is 1. The van der Waals surface area contributed by atoms with Crippen LogP contribution in [0.1, 0.15) is 28.6 Å². The van der Waals surface area contributed by atoms with Gasteiger partial charge in [-0.2, -0.15) is 0 Å². The second kappa shape index (κ2) is 4.98. The van der Waals surface area contributed by atoms with E-state index < -0.39 is 0 Å². The van der Waals surface area contributed by atoms with Gasteiger partial charge in [0.25, 0.3) is 0 Å². The first-order chi connectivity index (χ1) is 9.61. The van der Waals surface area contributed by atoms with Crippen LogP contribution in [0.15, 0.2) is 44.2 Å². The monoisotopic (exact) mass is 335 g/mol. The summed E-state index contributed by atoms with van der Waals surface area (Å²) in [6.45, 7) is 4.52. The molecule has 104 valence electrons. The molecule has 1 atom stereocenters. The summed E-state index contributed by atoms with van der Waals surface area (Å²) in [4.78, 5) is 11.6. The van der Waals surface area contributed by atoms with Crippen LogP contribution in [0.4, 0.5) is 0 Å². The molecule has 0 amide bonds. The minimum absolute atomic E-state index is 0.0582. The van der Waals surface area contributed by atoms with Crippen LogP contribution in [0, 0.1) is 6.92 Å². The number of benzene rings is 1. The summed E-state index contributed by atoms with van der Waals surface area (Å²) in [5, 5.41) is 0. The highest BCUT2D eigenvalue weighted by Crippen LogP contribution is 2.34. The molecule has 0 aliphatic heterocycles. The Morgan fingerprint density at radius 2 is 2.15 bits per heavy atom. The summed E-state index contributed by atoms with van der Waals surface area (Å²) >= 11 is 3.63. The standard InChI is InChI=1S/C15H14BrNO3/c1-3-17-11-5-4-10(8-12(11)20-15(17)18)13(16)14-9(2)6-7-19-14/h4-8,13H,3H2,1-2H3. The topological polar surface area (TPSA) is 48.3 Å². The molecule has 0 aliphatic rings. The fourth-order valence-electron chi connectivity index (χ4n) is 2.34.